The Balaban J connectivity index is 1.45. The van der Waals surface area contributed by atoms with Crippen molar-refractivity contribution in [2.24, 2.45) is 5.92 Å². The van der Waals surface area contributed by atoms with E-state index in [0.29, 0.717) is 25.0 Å². The summed E-state index contributed by atoms with van der Waals surface area (Å²) in [6, 6.07) is 7.68. The number of nitrogens with one attached hydrogen (secondary N) is 1. The van der Waals surface area contributed by atoms with Crippen LogP contribution >= 0.6 is 23.5 Å². The second kappa shape index (κ2) is 10.0. The van der Waals surface area contributed by atoms with E-state index in [9.17, 15) is 9.59 Å². The number of carbonyl (C=O) groups excluding carboxylic acids is 2. The number of Topliss-reactive ketones (excluding diaryl/α,β-unsaturated/α-hetero) is 1. The van der Waals surface area contributed by atoms with E-state index in [4.69, 9.17) is 9.47 Å². The molecule has 30 heavy (non-hydrogen) atoms. The van der Waals surface area contributed by atoms with Crippen molar-refractivity contribution < 1.29 is 19.1 Å². The molecule has 4 rings (SSSR count). The second-order valence-corrected chi connectivity index (χ2v) is 9.97. The highest BCUT2D eigenvalue weighted by atomic mass is 32.2. The molecule has 3 aliphatic rings. The van der Waals surface area contributed by atoms with Crippen LogP contribution in [-0.4, -0.2) is 70.9 Å². The molecule has 6 nitrogen and oxygen atoms in total. The maximum Gasteiger partial charge on any atom is 0.242 e. The lowest BCUT2D eigenvalue weighted by Crippen LogP contribution is -2.55. The molecule has 2 aliphatic heterocycles. The van der Waals surface area contributed by atoms with Crippen LogP contribution in [0, 0.1) is 5.92 Å². The van der Waals surface area contributed by atoms with Crippen molar-refractivity contribution in [2.45, 2.75) is 50.3 Å². The topological polar surface area (TPSA) is 67.9 Å². The van der Waals surface area contributed by atoms with Gasteiger partial charge in [-0.3, -0.25) is 14.9 Å². The fraction of sp³-hybridized carbons (Fsp3) is 0.636. The highest BCUT2D eigenvalue weighted by Gasteiger charge is 2.46. The number of nitrogens with zero attached hydrogens (tertiary/aromatic N) is 1. The van der Waals surface area contributed by atoms with Crippen molar-refractivity contribution in [3.63, 3.8) is 0 Å². The van der Waals surface area contributed by atoms with Crippen molar-refractivity contribution in [1.82, 2.24) is 10.2 Å². The lowest BCUT2D eigenvalue weighted by Gasteiger charge is -2.33. The molecule has 8 heteroatoms. The minimum Gasteiger partial charge on any atom is -0.351 e. The van der Waals surface area contributed by atoms with Crippen LogP contribution in [0.3, 0.4) is 0 Å². The maximum atomic E-state index is 13.5. The zero-order valence-electron chi connectivity index (χ0n) is 17.5. The van der Waals surface area contributed by atoms with E-state index in [0.717, 1.165) is 18.6 Å². The summed E-state index contributed by atoms with van der Waals surface area (Å²) < 4.78 is 11.6. The molecule has 1 amide bonds. The van der Waals surface area contributed by atoms with Crippen molar-refractivity contribution in [3.8, 4) is 0 Å². The zero-order chi connectivity index (χ0) is 21.1. The fourth-order valence-electron chi connectivity index (χ4n) is 4.57. The third-order valence-corrected chi connectivity index (χ3v) is 8.28. The molecule has 0 saturated carbocycles. The molecule has 2 saturated heterocycles. The van der Waals surface area contributed by atoms with Crippen LogP contribution in [0.5, 0.6) is 0 Å². The number of benzene rings is 1. The van der Waals surface area contributed by atoms with E-state index >= 15 is 0 Å². The largest absolute Gasteiger partial charge is 0.351 e. The second-order valence-electron chi connectivity index (χ2n) is 7.84. The first-order valence-corrected chi connectivity index (χ1v) is 12.9. The predicted molar refractivity (Wildman–Crippen MR) is 121 cm³/mol. The molecule has 2 fully saturated rings. The lowest BCUT2D eigenvalue weighted by molar-refractivity contribution is -0.174. The molecule has 1 N–H and O–H groups in total. The normalized spacial score (nSPS) is 26.5. The molecule has 2 heterocycles. The van der Waals surface area contributed by atoms with Crippen molar-refractivity contribution >= 4 is 35.2 Å². The van der Waals surface area contributed by atoms with Gasteiger partial charge in [-0.25, -0.2) is 0 Å². The van der Waals surface area contributed by atoms with Gasteiger partial charge in [0.2, 0.25) is 5.91 Å². The summed E-state index contributed by atoms with van der Waals surface area (Å²) in [7, 11) is 0. The molecule has 0 aromatic heterocycles. The Labute approximate surface area is 186 Å². The highest BCUT2D eigenvalue weighted by Crippen LogP contribution is 2.34. The van der Waals surface area contributed by atoms with Gasteiger partial charge in [-0.15, -0.1) is 23.5 Å². The van der Waals surface area contributed by atoms with Crippen LogP contribution < -0.4 is 5.32 Å². The summed E-state index contributed by atoms with van der Waals surface area (Å²) in [6.07, 6.45) is 1.14. The molecular formula is C22H30N2O4S2. The summed E-state index contributed by atoms with van der Waals surface area (Å²) >= 11 is 3.27. The minimum absolute atomic E-state index is 0.00623. The van der Waals surface area contributed by atoms with Crippen LogP contribution in [0.4, 0.5) is 0 Å². The molecule has 3 atom stereocenters. The average molecular weight is 451 g/mol. The van der Waals surface area contributed by atoms with Gasteiger partial charge in [0, 0.05) is 30.8 Å². The Kier molecular flexibility index (Phi) is 7.41. The van der Waals surface area contributed by atoms with Gasteiger partial charge >= 0.3 is 0 Å². The Morgan fingerprint density at radius 3 is 2.47 bits per heavy atom. The van der Waals surface area contributed by atoms with Gasteiger partial charge in [-0.1, -0.05) is 24.3 Å². The van der Waals surface area contributed by atoms with Gasteiger partial charge in [-0.05, 0) is 37.8 Å². The standard InChI is InChI=1S/C22H30N2O4S2/c1-3-27-22(28-4-2)17-11-29-13-24(17)21(26)18-20(30-12-23-18)19(25)16-9-14-7-5-6-8-15(14)10-16/h5-8,16-18,20,22-23H,3-4,9-13H2,1-2H3/t17-,18-,20?/m0/s1. The fourth-order valence-corrected chi connectivity index (χ4v) is 6.99. The summed E-state index contributed by atoms with van der Waals surface area (Å²) in [5.74, 6) is 2.19. The molecule has 1 aliphatic carbocycles. The van der Waals surface area contributed by atoms with E-state index in [1.807, 2.05) is 30.9 Å². The first kappa shape index (κ1) is 22.1. The number of hydrogen-bond donors (Lipinski definition) is 1. The number of ketones is 1. The van der Waals surface area contributed by atoms with Crippen LogP contribution in [0.15, 0.2) is 24.3 Å². The van der Waals surface area contributed by atoms with Crippen LogP contribution in [0.2, 0.25) is 0 Å². The molecule has 0 bridgehead atoms. The lowest BCUT2D eigenvalue weighted by atomic mass is 9.94. The third kappa shape index (κ3) is 4.43. The molecule has 0 spiro atoms. The number of rotatable bonds is 8. The molecule has 1 aromatic carbocycles. The summed E-state index contributed by atoms with van der Waals surface area (Å²) in [5.41, 5.74) is 2.53. The molecule has 1 unspecified atom stereocenters. The number of ether oxygens (including phenoxy) is 2. The van der Waals surface area contributed by atoms with Gasteiger partial charge in [-0.2, -0.15) is 0 Å². The van der Waals surface area contributed by atoms with Crippen molar-refractivity contribution in [2.75, 3.05) is 30.7 Å². The first-order chi connectivity index (χ1) is 14.6. The number of carbonyl (C=O) groups is 2. The predicted octanol–water partition coefficient (Wildman–Crippen LogP) is 2.30. The smallest absolute Gasteiger partial charge is 0.242 e. The Morgan fingerprint density at radius 2 is 1.83 bits per heavy atom. The number of fused-ring (bicyclic) bond motifs is 1. The average Bonchev–Trinajstić information content (AvgIpc) is 3.51. The van der Waals surface area contributed by atoms with Gasteiger partial charge in [0.25, 0.3) is 0 Å². The van der Waals surface area contributed by atoms with Crippen molar-refractivity contribution in [3.05, 3.63) is 35.4 Å². The minimum atomic E-state index is -0.476. The molecule has 0 radical (unpaired) electrons. The van der Waals surface area contributed by atoms with Gasteiger partial charge in [0.05, 0.1) is 17.2 Å². The van der Waals surface area contributed by atoms with E-state index in [2.05, 4.69) is 17.4 Å². The summed E-state index contributed by atoms with van der Waals surface area (Å²) in [6.45, 7) is 4.94. The SMILES string of the molecule is CCOC(OCC)[C@@H]1CSCN1C(=O)[C@H]1NCSC1C(=O)C1Cc2ccccc2C1. The van der Waals surface area contributed by atoms with E-state index in [1.54, 1.807) is 23.5 Å². The highest BCUT2D eigenvalue weighted by molar-refractivity contribution is 8.01. The number of hydrogen-bond acceptors (Lipinski definition) is 7. The maximum absolute atomic E-state index is 13.5. The van der Waals surface area contributed by atoms with Crippen molar-refractivity contribution in [1.29, 1.82) is 0 Å². The van der Waals surface area contributed by atoms with Crippen LogP contribution in [-0.2, 0) is 31.9 Å². The molecule has 1 aromatic rings. The summed E-state index contributed by atoms with van der Waals surface area (Å²) in [4.78, 5) is 28.7. The van der Waals surface area contributed by atoms with Gasteiger partial charge < -0.3 is 14.4 Å². The van der Waals surface area contributed by atoms with E-state index < -0.39 is 12.3 Å². The monoisotopic (exact) mass is 450 g/mol. The van der Waals surface area contributed by atoms with Gasteiger partial charge in [0.1, 0.15) is 6.04 Å². The first-order valence-electron chi connectivity index (χ1n) is 10.7. The number of thioether (sulfide) groups is 2. The Hall–Kier alpha value is -1.06. The van der Waals surface area contributed by atoms with E-state index in [-0.39, 0.29) is 28.9 Å². The Bertz CT molecular complexity index is 746. The molecular weight excluding hydrogens is 420 g/mol. The van der Waals surface area contributed by atoms with Crippen LogP contribution in [0.25, 0.3) is 0 Å². The Morgan fingerprint density at radius 1 is 1.17 bits per heavy atom. The quantitative estimate of drug-likeness (QED) is 0.610. The van der Waals surface area contributed by atoms with E-state index in [1.165, 1.54) is 11.1 Å². The summed E-state index contributed by atoms with van der Waals surface area (Å²) in [5, 5.41) is 2.96. The van der Waals surface area contributed by atoms with Crippen LogP contribution in [0.1, 0.15) is 25.0 Å². The zero-order valence-corrected chi connectivity index (χ0v) is 19.2. The third-order valence-electron chi connectivity index (χ3n) is 6.05. The number of amides is 1. The van der Waals surface area contributed by atoms with Gasteiger partial charge in [0.15, 0.2) is 12.1 Å². The molecule has 164 valence electrons.